The van der Waals surface area contributed by atoms with E-state index in [1.54, 1.807) is 18.5 Å². The highest BCUT2D eigenvalue weighted by atomic mass is 32.1. The topological polar surface area (TPSA) is 59.8 Å². The van der Waals surface area contributed by atoms with E-state index < -0.39 is 0 Å². The Morgan fingerprint density at radius 2 is 2.22 bits per heavy atom. The highest BCUT2D eigenvalue weighted by Gasteiger charge is 2.10. The molecule has 2 rings (SSSR count). The first kappa shape index (κ1) is 12.6. The number of aromatic nitrogens is 3. The number of carbonyl (C=O) groups is 1. The van der Waals surface area contributed by atoms with Gasteiger partial charge in [-0.05, 0) is 19.1 Å². The SMILES string of the molecule is CCn1cnnc1CNC(=O)c1ccccc1S. The molecule has 1 aromatic carbocycles. The van der Waals surface area contributed by atoms with Crippen molar-refractivity contribution in [3.8, 4) is 0 Å². The summed E-state index contributed by atoms with van der Waals surface area (Å²) in [5.74, 6) is 0.578. The van der Waals surface area contributed by atoms with E-state index in [1.807, 2.05) is 23.6 Å². The van der Waals surface area contributed by atoms with Crippen molar-refractivity contribution in [2.24, 2.45) is 0 Å². The van der Waals surface area contributed by atoms with Gasteiger partial charge >= 0.3 is 0 Å². The maximum atomic E-state index is 11.9. The molecular formula is C12H14N4OS. The van der Waals surface area contributed by atoms with E-state index >= 15 is 0 Å². The van der Waals surface area contributed by atoms with Gasteiger partial charge in [0, 0.05) is 11.4 Å². The number of carbonyl (C=O) groups excluding carboxylic acids is 1. The van der Waals surface area contributed by atoms with E-state index in [2.05, 4.69) is 28.1 Å². The van der Waals surface area contributed by atoms with Gasteiger partial charge in [-0.3, -0.25) is 4.79 Å². The fraction of sp³-hybridized carbons (Fsp3) is 0.250. The Bertz CT molecular complexity index is 553. The molecule has 1 heterocycles. The quantitative estimate of drug-likeness (QED) is 0.821. The molecule has 6 heteroatoms. The van der Waals surface area contributed by atoms with Crippen molar-refractivity contribution in [2.75, 3.05) is 0 Å². The smallest absolute Gasteiger partial charge is 0.252 e. The van der Waals surface area contributed by atoms with Crippen molar-refractivity contribution < 1.29 is 4.79 Å². The van der Waals surface area contributed by atoms with Crippen molar-refractivity contribution in [2.45, 2.75) is 24.9 Å². The van der Waals surface area contributed by atoms with Crippen LogP contribution in [0.5, 0.6) is 0 Å². The lowest BCUT2D eigenvalue weighted by Crippen LogP contribution is -2.25. The fourth-order valence-electron chi connectivity index (χ4n) is 1.60. The van der Waals surface area contributed by atoms with Crippen LogP contribution in [-0.2, 0) is 13.1 Å². The Morgan fingerprint density at radius 1 is 1.44 bits per heavy atom. The Balaban J connectivity index is 2.03. The average molecular weight is 262 g/mol. The van der Waals surface area contributed by atoms with Gasteiger partial charge < -0.3 is 9.88 Å². The zero-order chi connectivity index (χ0) is 13.0. The minimum absolute atomic E-state index is 0.161. The predicted molar refractivity (Wildman–Crippen MR) is 70.6 cm³/mol. The van der Waals surface area contributed by atoms with E-state index in [0.717, 1.165) is 12.4 Å². The molecule has 18 heavy (non-hydrogen) atoms. The van der Waals surface area contributed by atoms with Gasteiger partial charge in [0.2, 0.25) is 0 Å². The summed E-state index contributed by atoms with van der Waals surface area (Å²) < 4.78 is 1.88. The number of rotatable bonds is 4. The number of hydrogen-bond acceptors (Lipinski definition) is 4. The summed E-state index contributed by atoms with van der Waals surface area (Å²) in [7, 11) is 0. The Kier molecular flexibility index (Phi) is 3.99. The van der Waals surface area contributed by atoms with Crippen LogP contribution in [0, 0.1) is 0 Å². The zero-order valence-electron chi connectivity index (χ0n) is 10.00. The molecule has 2 aromatic rings. The van der Waals surface area contributed by atoms with Crippen LogP contribution in [0.15, 0.2) is 35.5 Å². The molecule has 0 unspecified atom stereocenters. The molecule has 0 atom stereocenters. The molecule has 5 nitrogen and oxygen atoms in total. The van der Waals surface area contributed by atoms with Crippen molar-refractivity contribution in [1.82, 2.24) is 20.1 Å². The first-order valence-electron chi connectivity index (χ1n) is 5.65. The van der Waals surface area contributed by atoms with Crippen LogP contribution in [0.25, 0.3) is 0 Å². The largest absolute Gasteiger partial charge is 0.345 e. The molecule has 0 radical (unpaired) electrons. The monoisotopic (exact) mass is 262 g/mol. The van der Waals surface area contributed by atoms with Gasteiger partial charge in [0.25, 0.3) is 5.91 Å². The van der Waals surface area contributed by atoms with Crippen LogP contribution >= 0.6 is 12.6 Å². The van der Waals surface area contributed by atoms with E-state index in [-0.39, 0.29) is 5.91 Å². The second kappa shape index (κ2) is 5.68. The second-order valence-corrected chi connectivity index (χ2v) is 4.21. The van der Waals surface area contributed by atoms with Crippen LogP contribution < -0.4 is 5.32 Å². The van der Waals surface area contributed by atoms with E-state index in [9.17, 15) is 4.79 Å². The highest BCUT2D eigenvalue weighted by molar-refractivity contribution is 7.80. The molecule has 0 saturated heterocycles. The normalized spacial score (nSPS) is 10.3. The van der Waals surface area contributed by atoms with Gasteiger partial charge in [-0.2, -0.15) is 0 Å². The summed E-state index contributed by atoms with van der Waals surface area (Å²) in [6.07, 6.45) is 1.65. The van der Waals surface area contributed by atoms with Gasteiger partial charge in [-0.25, -0.2) is 0 Å². The number of hydrogen-bond donors (Lipinski definition) is 2. The standard InChI is InChI=1S/C12H14N4OS/c1-2-16-8-14-15-11(16)7-13-12(17)9-5-3-4-6-10(9)18/h3-6,8,18H,2,7H2,1H3,(H,13,17). The predicted octanol–water partition coefficient (Wildman–Crippen LogP) is 1.52. The minimum Gasteiger partial charge on any atom is -0.345 e. The van der Waals surface area contributed by atoms with Crippen LogP contribution in [0.1, 0.15) is 23.1 Å². The Morgan fingerprint density at radius 3 is 2.94 bits per heavy atom. The second-order valence-electron chi connectivity index (χ2n) is 3.73. The Hall–Kier alpha value is -1.82. The van der Waals surface area contributed by atoms with Gasteiger partial charge in [-0.15, -0.1) is 22.8 Å². The van der Waals surface area contributed by atoms with Crippen molar-refractivity contribution in [3.63, 3.8) is 0 Å². The molecule has 1 N–H and O–H groups in total. The maximum absolute atomic E-state index is 11.9. The third-order valence-electron chi connectivity index (χ3n) is 2.59. The maximum Gasteiger partial charge on any atom is 0.252 e. The molecule has 0 spiro atoms. The molecule has 0 aliphatic rings. The van der Waals surface area contributed by atoms with Crippen molar-refractivity contribution in [3.05, 3.63) is 42.0 Å². The lowest BCUT2D eigenvalue weighted by Gasteiger charge is -2.07. The van der Waals surface area contributed by atoms with Crippen LogP contribution in [0.2, 0.25) is 0 Å². The lowest BCUT2D eigenvalue weighted by atomic mass is 10.2. The third kappa shape index (κ3) is 2.70. The van der Waals surface area contributed by atoms with E-state index in [4.69, 9.17) is 0 Å². The Labute approximate surface area is 111 Å². The molecular weight excluding hydrogens is 248 g/mol. The molecule has 1 amide bonds. The summed E-state index contributed by atoms with van der Waals surface area (Å²) in [5.41, 5.74) is 0.559. The summed E-state index contributed by atoms with van der Waals surface area (Å²) >= 11 is 4.25. The lowest BCUT2D eigenvalue weighted by molar-refractivity contribution is 0.0946. The van der Waals surface area contributed by atoms with Crippen molar-refractivity contribution >= 4 is 18.5 Å². The van der Waals surface area contributed by atoms with E-state index in [0.29, 0.717) is 17.0 Å². The van der Waals surface area contributed by atoms with Crippen LogP contribution in [0.4, 0.5) is 0 Å². The number of thiol groups is 1. The van der Waals surface area contributed by atoms with Crippen LogP contribution in [0.3, 0.4) is 0 Å². The number of amides is 1. The summed E-state index contributed by atoms with van der Waals surface area (Å²) in [5, 5.41) is 10.6. The number of nitrogens with zero attached hydrogens (tertiary/aromatic N) is 3. The van der Waals surface area contributed by atoms with Crippen LogP contribution in [-0.4, -0.2) is 20.7 Å². The first-order chi connectivity index (χ1) is 8.72. The molecule has 1 aromatic heterocycles. The first-order valence-corrected chi connectivity index (χ1v) is 6.10. The summed E-state index contributed by atoms with van der Waals surface area (Å²) in [6.45, 7) is 3.13. The van der Waals surface area contributed by atoms with E-state index in [1.165, 1.54) is 0 Å². The molecule has 0 aliphatic carbocycles. The number of nitrogens with one attached hydrogen (secondary N) is 1. The summed E-state index contributed by atoms with van der Waals surface area (Å²) in [4.78, 5) is 12.6. The molecule has 94 valence electrons. The van der Waals surface area contributed by atoms with Gasteiger partial charge in [0.05, 0.1) is 12.1 Å². The average Bonchev–Trinajstić information content (AvgIpc) is 2.84. The molecule has 0 saturated carbocycles. The van der Waals surface area contributed by atoms with Gasteiger partial charge in [0.15, 0.2) is 5.82 Å². The van der Waals surface area contributed by atoms with Crippen molar-refractivity contribution in [1.29, 1.82) is 0 Å². The zero-order valence-corrected chi connectivity index (χ0v) is 10.9. The number of benzene rings is 1. The fourth-order valence-corrected chi connectivity index (χ4v) is 1.86. The highest BCUT2D eigenvalue weighted by Crippen LogP contribution is 2.12. The third-order valence-corrected chi connectivity index (χ3v) is 2.98. The van der Waals surface area contributed by atoms with Gasteiger partial charge in [-0.1, -0.05) is 12.1 Å². The number of aryl methyl sites for hydroxylation is 1. The van der Waals surface area contributed by atoms with Gasteiger partial charge in [0.1, 0.15) is 6.33 Å². The minimum atomic E-state index is -0.161. The molecule has 0 bridgehead atoms. The molecule has 0 aliphatic heterocycles. The molecule has 0 fully saturated rings. The summed E-state index contributed by atoms with van der Waals surface area (Å²) in [6, 6.07) is 7.17.